The molecule has 0 saturated carbocycles. The average Bonchev–Trinajstić information content (AvgIpc) is 2.28. The Kier molecular flexibility index (Phi) is 6.79. The van der Waals surface area contributed by atoms with Crippen LogP contribution in [0.15, 0.2) is 0 Å². The minimum absolute atomic E-state index is 0.0169. The fraction of sp³-hybridized carbons (Fsp3) is 1.00. The summed E-state index contributed by atoms with van der Waals surface area (Å²) in [6.45, 7) is 13.5. The third kappa shape index (κ3) is 6.69. The number of rotatable bonds is 9. The van der Waals surface area contributed by atoms with E-state index in [9.17, 15) is 5.11 Å². The van der Waals surface area contributed by atoms with Crippen LogP contribution in [0, 0.1) is 0 Å². The molecule has 110 valence electrons. The molecule has 0 radical (unpaired) electrons. The van der Waals surface area contributed by atoms with Crippen molar-refractivity contribution in [3.63, 3.8) is 0 Å². The van der Waals surface area contributed by atoms with E-state index in [0.717, 1.165) is 25.8 Å². The summed E-state index contributed by atoms with van der Waals surface area (Å²) in [6.07, 6.45) is 2.91. The van der Waals surface area contributed by atoms with Crippen LogP contribution in [0.5, 0.6) is 0 Å². The summed E-state index contributed by atoms with van der Waals surface area (Å²) < 4.78 is 0. The highest BCUT2D eigenvalue weighted by Crippen LogP contribution is 2.19. The second-order valence-electron chi connectivity index (χ2n) is 6.53. The minimum Gasteiger partial charge on any atom is -0.394 e. The van der Waals surface area contributed by atoms with Crippen LogP contribution in [0.25, 0.3) is 0 Å². The van der Waals surface area contributed by atoms with Gasteiger partial charge in [-0.3, -0.25) is 5.32 Å². The maximum absolute atomic E-state index is 9.35. The van der Waals surface area contributed by atoms with E-state index in [-0.39, 0.29) is 23.3 Å². The van der Waals surface area contributed by atoms with Gasteiger partial charge in [-0.25, -0.2) is 0 Å². The monoisotopic (exact) mass is 259 g/mol. The topological polar surface area (TPSA) is 70.3 Å². The summed E-state index contributed by atoms with van der Waals surface area (Å²) in [4.78, 5) is 0. The molecule has 0 aromatic carbocycles. The van der Waals surface area contributed by atoms with Gasteiger partial charge in [0.15, 0.2) is 0 Å². The first kappa shape index (κ1) is 17.8. The van der Waals surface area contributed by atoms with E-state index in [0.29, 0.717) is 0 Å². The van der Waals surface area contributed by atoms with E-state index in [4.69, 9.17) is 5.73 Å². The average molecular weight is 259 g/mol. The van der Waals surface area contributed by atoms with Crippen molar-refractivity contribution in [3.05, 3.63) is 0 Å². The molecule has 0 heterocycles. The Morgan fingerprint density at radius 1 is 1.06 bits per heavy atom. The van der Waals surface area contributed by atoms with Crippen molar-refractivity contribution < 1.29 is 5.11 Å². The summed E-state index contributed by atoms with van der Waals surface area (Å²) in [6, 6.07) is 0. The molecule has 5 N–H and O–H groups in total. The largest absolute Gasteiger partial charge is 0.394 e. The molecule has 0 aliphatic rings. The second-order valence-corrected chi connectivity index (χ2v) is 6.53. The van der Waals surface area contributed by atoms with Crippen LogP contribution in [0.1, 0.15) is 60.8 Å². The smallest absolute Gasteiger partial charge is 0.0630 e. The van der Waals surface area contributed by atoms with Gasteiger partial charge in [-0.2, -0.15) is 0 Å². The predicted molar refractivity (Wildman–Crippen MR) is 78.5 cm³/mol. The molecular formula is C14H33N3O. The molecule has 2 atom stereocenters. The summed E-state index contributed by atoms with van der Waals surface area (Å²) in [5, 5.41) is 16.3. The fourth-order valence-electron chi connectivity index (χ4n) is 1.93. The number of aliphatic hydroxyl groups excluding tert-OH is 1. The van der Waals surface area contributed by atoms with Gasteiger partial charge in [0.1, 0.15) is 0 Å². The SMILES string of the molecule is CCC(C)(N)NCCC(C)(CC)NC(C)(C)CO. The van der Waals surface area contributed by atoms with Gasteiger partial charge in [0.2, 0.25) is 0 Å². The van der Waals surface area contributed by atoms with Crippen molar-refractivity contribution in [1.82, 2.24) is 10.6 Å². The van der Waals surface area contributed by atoms with E-state index in [1.54, 1.807) is 0 Å². The Labute approximate surface area is 113 Å². The highest BCUT2D eigenvalue weighted by atomic mass is 16.3. The Bertz CT molecular complexity index is 241. The molecule has 2 unspecified atom stereocenters. The van der Waals surface area contributed by atoms with Gasteiger partial charge in [-0.15, -0.1) is 0 Å². The molecular weight excluding hydrogens is 226 g/mol. The molecule has 0 fully saturated rings. The van der Waals surface area contributed by atoms with Crippen LogP contribution in [0.2, 0.25) is 0 Å². The predicted octanol–water partition coefficient (Wildman–Crippen LogP) is 1.58. The zero-order chi connectivity index (χ0) is 14.4. The van der Waals surface area contributed by atoms with Crippen LogP contribution < -0.4 is 16.4 Å². The molecule has 0 bridgehead atoms. The van der Waals surface area contributed by atoms with Crippen molar-refractivity contribution in [1.29, 1.82) is 0 Å². The normalized spacial score (nSPS) is 19.3. The van der Waals surface area contributed by atoms with Crippen molar-refractivity contribution in [2.45, 2.75) is 77.5 Å². The summed E-state index contributed by atoms with van der Waals surface area (Å²) in [5.41, 5.74) is 5.55. The molecule has 0 saturated heterocycles. The quantitative estimate of drug-likeness (QED) is 0.475. The zero-order valence-corrected chi connectivity index (χ0v) is 13.1. The molecule has 0 aliphatic carbocycles. The third-order valence-corrected chi connectivity index (χ3v) is 3.76. The highest BCUT2D eigenvalue weighted by Gasteiger charge is 2.29. The van der Waals surface area contributed by atoms with Crippen molar-refractivity contribution in [2.75, 3.05) is 13.2 Å². The molecule has 0 amide bonds. The maximum atomic E-state index is 9.35. The summed E-state index contributed by atoms with van der Waals surface area (Å²) >= 11 is 0. The van der Waals surface area contributed by atoms with E-state index < -0.39 is 0 Å². The molecule has 4 nitrogen and oxygen atoms in total. The number of nitrogens with one attached hydrogen (secondary N) is 2. The van der Waals surface area contributed by atoms with Gasteiger partial charge in [0.05, 0.1) is 12.3 Å². The van der Waals surface area contributed by atoms with Crippen LogP contribution in [-0.2, 0) is 0 Å². The van der Waals surface area contributed by atoms with Gasteiger partial charge in [-0.05, 0) is 53.5 Å². The number of hydrogen-bond donors (Lipinski definition) is 4. The molecule has 0 aromatic heterocycles. The van der Waals surface area contributed by atoms with E-state index >= 15 is 0 Å². The highest BCUT2D eigenvalue weighted by molar-refractivity contribution is 4.91. The lowest BCUT2D eigenvalue weighted by atomic mass is 9.90. The van der Waals surface area contributed by atoms with Crippen LogP contribution in [-0.4, -0.2) is 35.0 Å². The standard InChI is InChI=1S/C14H33N3O/c1-7-13(5,17-12(3,4)11-18)9-10-16-14(6,15)8-2/h16-18H,7-11,15H2,1-6H3. The number of aliphatic hydroxyl groups is 1. The first-order valence-electron chi connectivity index (χ1n) is 7.04. The Morgan fingerprint density at radius 3 is 2.00 bits per heavy atom. The molecule has 0 aliphatic heterocycles. The number of hydrogen-bond acceptors (Lipinski definition) is 4. The summed E-state index contributed by atoms with van der Waals surface area (Å²) in [5.74, 6) is 0. The van der Waals surface area contributed by atoms with E-state index in [1.165, 1.54) is 0 Å². The molecule has 0 spiro atoms. The fourth-order valence-corrected chi connectivity index (χ4v) is 1.93. The van der Waals surface area contributed by atoms with E-state index in [2.05, 4.69) is 31.4 Å². The minimum atomic E-state index is -0.291. The lowest BCUT2D eigenvalue weighted by molar-refractivity contribution is 0.138. The van der Waals surface area contributed by atoms with Crippen LogP contribution in [0.3, 0.4) is 0 Å². The van der Waals surface area contributed by atoms with Gasteiger partial charge in [-0.1, -0.05) is 13.8 Å². The van der Waals surface area contributed by atoms with Gasteiger partial charge in [0.25, 0.3) is 0 Å². The van der Waals surface area contributed by atoms with Crippen molar-refractivity contribution in [2.24, 2.45) is 5.73 Å². The maximum Gasteiger partial charge on any atom is 0.0630 e. The first-order valence-corrected chi connectivity index (χ1v) is 7.04. The Morgan fingerprint density at radius 2 is 1.61 bits per heavy atom. The molecule has 18 heavy (non-hydrogen) atoms. The van der Waals surface area contributed by atoms with Gasteiger partial charge in [0, 0.05) is 11.1 Å². The lowest BCUT2D eigenvalue weighted by Crippen LogP contribution is -2.57. The second kappa shape index (κ2) is 6.85. The van der Waals surface area contributed by atoms with Crippen LogP contribution in [0.4, 0.5) is 0 Å². The van der Waals surface area contributed by atoms with Crippen LogP contribution >= 0.6 is 0 Å². The lowest BCUT2D eigenvalue weighted by Gasteiger charge is -2.39. The molecule has 4 heteroatoms. The van der Waals surface area contributed by atoms with Crippen molar-refractivity contribution >= 4 is 0 Å². The summed E-state index contributed by atoms with van der Waals surface area (Å²) in [7, 11) is 0. The zero-order valence-electron chi connectivity index (χ0n) is 13.1. The Hall–Kier alpha value is -0.160. The first-order chi connectivity index (χ1) is 8.10. The Balaban J connectivity index is 4.33. The van der Waals surface area contributed by atoms with Crippen molar-refractivity contribution in [3.8, 4) is 0 Å². The molecule has 0 aromatic rings. The molecule has 0 rings (SSSR count). The van der Waals surface area contributed by atoms with Gasteiger partial charge < -0.3 is 16.2 Å². The van der Waals surface area contributed by atoms with E-state index in [1.807, 2.05) is 20.8 Å². The number of nitrogens with two attached hydrogens (primary N) is 1. The third-order valence-electron chi connectivity index (χ3n) is 3.76. The van der Waals surface area contributed by atoms with Gasteiger partial charge >= 0.3 is 0 Å².